The lowest BCUT2D eigenvalue weighted by molar-refractivity contribution is 0.631. The summed E-state index contributed by atoms with van der Waals surface area (Å²) in [6, 6.07) is 14.8. The Bertz CT molecular complexity index is 500. The molecule has 1 aromatic carbocycles. The van der Waals surface area contributed by atoms with Gasteiger partial charge in [0, 0.05) is 11.3 Å². The Balaban J connectivity index is 2.39. The fourth-order valence-corrected chi connectivity index (χ4v) is 2.19. The first kappa shape index (κ1) is 12.8. The van der Waals surface area contributed by atoms with Gasteiger partial charge >= 0.3 is 0 Å². The number of nitrogens with zero attached hydrogens (tertiary/aromatic N) is 1. The number of benzene rings is 1. The molecule has 1 aromatic heterocycles. The molecule has 0 saturated carbocycles. The monoisotopic (exact) mass is 239 g/mol. The maximum atomic E-state index is 4.85. The van der Waals surface area contributed by atoms with Gasteiger partial charge in [-0.25, -0.2) is 0 Å². The van der Waals surface area contributed by atoms with Crippen LogP contribution in [-0.2, 0) is 12.8 Å². The molecule has 18 heavy (non-hydrogen) atoms. The molecule has 94 valence electrons. The molecule has 0 spiro atoms. The summed E-state index contributed by atoms with van der Waals surface area (Å²) in [4.78, 5) is 4.85. The molecule has 2 aromatic rings. The van der Waals surface area contributed by atoms with E-state index < -0.39 is 0 Å². The third-order valence-corrected chi connectivity index (χ3v) is 3.12. The molecular formula is C17H21N. The molecule has 1 nitrogen and oxygen atoms in total. The van der Waals surface area contributed by atoms with Crippen LogP contribution in [0.5, 0.6) is 0 Å². The van der Waals surface area contributed by atoms with Crippen molar-refractivity contribution in [1.82, 2.24) is 4.98 Å². The van der Waals surface area contributed by atoms with Crippen molar-refractivity contribution in [3.8, 4) is 11.3 Å². The minimum Gasteiger partial charge on any atom is -0.253 e. The highest BCUT2D eigenvalue weighted by molar-refractivity contribution is 5.59. The van der Waals surface area contributed by atoms with Crippen LogP contribution in [0.3, 0.4) is 0 Å². The summed E-state index contributed by atoms with van der Waals surface area (Å²) in [6.07, 6.45) is 2.12. The largest absolute Gasteiger partial charge is 0.253 e. The highest BCUT2D eigenvalue weighted by atomic mass is 14.7. The van der Waals surface area contributed by atoms with E-state index in [1.54, 1.807) is 0 Å². The van der Waals surface area contributed by atoms with E-state index in [2.05, 4.69) is 57.2 Å². The Morgan fingerprint density at radius 1 is 1.00 bits per heavy atom. The average Bonchev–Trinajstić information content (AvgIpc) is 2.39. The normalized spacial score (nSPS) is 10.9. The zero-order valence-corrected chi connectivity index (χ0v) is 11.5. The van der Waals surface area contributed by atoms with E-state index in [9.17, 15) is 0 Å². The Morgan fingerprint density at radius 3 is 2.33 bits per heavy atom. The van der Waals surface area contributed by atoms with Gasteiger partial charge in [0.05, 0.1) is 5.69 Å². The van der Waals surface area contributed by atoms with E-state index in [4.69, 9.17) is 4.98 Å². The lowest BCUT2D eigenvalue weighted by Gasteiger charge is -2.11. The molecule has 0 saturated heterocycles. The van der Waals surface area contributed by atoms with Gasteiger partial charge in [-0.1, -0.05) is 57.2 Å². The van der Waals surface area contributed by atoms with Gasteiger partial charge in [-0.3, -0.25) is 4.98 Å². The van der Waals surface area contributed by atoms with Crippen LogP contribution in [0.1, 0.15) is 32.0 Å². The quantitative estimate of drug-likeness (QED) is 0.765. The highest BCUT2D eigenvalue weighted by Gasteiger charge is 2.07. The molecule has 0 aliphatic rings. The lowest BCUT2D eigenvalue weighted by Crippen LogP contribution is -2.03. The van der Waals surface area contributed by atoms with Crippen LogP contribution in [0.4, 0.5) is 0 Å². The van der Waals surface area contributed by atoms with Crippen LogP contribution < -0.4 is 0 Å². The van der Waals surface area contributed by atoms with Crippen LogP contribution in [-0.4, -0.2) is 4.98 Å². The van der Waals surface area contributed by atoms with E-state index in [0.717, 1.165) is 18.5 Å². The second kappa shape index (κ2) is 5.81. The van der Waals surface area contributed by atoms with Crippen LogP contribution in [0, 0.1) is 5.92 Å². The van der Waals surface area contributed by atoms with Gasteiger partial charge in [0.15, 0.2) is 0 Å². The number of hydrogen-bond acceptors (Lipinski definition) is 1. The Labute approximate surface area is 110 Å². The molecule has 0 unspecified atom stereocenters. The second-order valence-corrected chi connectivity index (χ2v) is 5.12. The first-order valence-corrected chi connectivity index (χ1v) is 6.75. The third kappa shape index (κ3) is 2.98. The van der Waals surface area contributed by atoms with Gasteiger partial charge in [-0.2, -0.15) is 0 Å². The summed E-state index contributed by atoms with van der Waals surface area (Å²) >= 11 is 0. The molecule has 2 rings (SSSR count). The third-order valence-electron chi connectivity index (χ3n) is 3.12. The number of pyridine rings is 1. The van der Waals surface area contributed by atoms with Gasteiger partial charge in [0.25, 0.3) is 0 Å². The van der Waals surface area contributed by atoms with E-state index in [0.29, 0.717) is 5.92 Å². The first-order chi connectivity index (χ1) is 8.70. The summed E-state index contributed by atoms with van der Waals surface area (Å²) < 4.78 is 0. The maximum Gasteiger partial charge on any atom is 0.0705 e. The Morgan fingerprint density at radius 2 is 1.72 bits per heavy atom. The van der Waals surface area contributed by atoms with Crippen molar-refractivity contribution in [1.29, 1.82) is 0 Å². The highest BCUT2D eigenvalue weighted by Crippen LogP contribution is 2.20. The zero-order chi connectivity index (χ0) is 13.0. The molecule has 0 bridgehead atoms. The molecule has 0 N–H and O–H groups in total. The number of aryl methyl sites for hydroxylation is 1. The molecule has 0 radical (unpaired) electrons. The summed E-state index contributed by atoms with van der Waals surface area (Å²) in [5.41, 5.74) is 4.92. The lowest BCUT2D eigenvalue weighted by atomic mass is 10.0. The molecule has 1 heterocycles. The van der Waals surface area contributed by atoms with E-state index >= 15 is 0 Å². The summed E-state index contributed by atoms with van der Waals surface area (Å²) in [6.45, 7) is 6.69. The summed E-state index contributed by atoms with van der Waals surface area (Å²) in [5, 5.41) is 0. The van der Waals surface area contributed by atoms with E-state index in [-0.39, 0.29) is 0 Å². The summed E-state index contributed by atoms with van der Waals surface area (Å²) in [5.74, 6) is 0.647. The SMILES string of the molecule is CCc1ccc(-c2ccccc2)nc1CC(C)C. The van der Waals surface area contributed by atoms with Crippen LogP contribution in [0.25, 0.3) is 11.3 Å². The van der Waals surface area contributed by atoms with Gasteiger partial charge in [0.2, 0.25) is 0 Å². The van der Waals surface area contributed by atoms with Crippen molar-refractivity contribution < 1.29 is 0 Å². The fraction of sp³-hybridized carbons (Fsp3) is 0.353. The van der Waals surface area contributed by atoms with Crippen LogP contribution in [0.2, 0.25) is 0 Å². The van der Waals surface area contributed by atoms with Crippen molar-refractivity contribution in [2.75, 3.05) is 0 Å². The molecule has 0 fully saturated rings. The smallest absolute Gasteiger partial charge is 0.0705 e. The standard InChI is InChI=1S/C17H21N/c1-4-14-10-11-16(15-8-6-5-7-9-15)18-17(14)12-13(2)3/h5-11,13H,4,12H2,1-3H3. The van der Waals surface area contributed by atoms with Crippen molar-refractivity contribution in [2.45, 2.75) is 33.6 Å². The van der Waals surface area contributed by atoms with Gasteiger partial charge < -0.3 is 0 Å². The van der Waals surface area contributed by atoms with E-state index in [1.165, 1.54) is 16.8 Å². The first-order valence-electron chi connectivity index (χ1n) is 6.75. The number of aromatic nitrogens is 1. The van der Waals surface area contributed by atoms with Gasteiger partial charge in [-0.05, 0) is 30.4 Å². The Hall–Kier alpha value is -1.63. The van der Waals surface area contributed by atoms with Gasteiger partial charge in [-0.15, -0.1) is 0 Å². The number of hydrogen-bond donors (Lipinski definition) is 0. The Kier molecular flexibility index (Phi) is 4.14. The molecule has 0 amide bonds. The molecule has 0 atom stereocenters. The minimum absolute atomic E-state index is 0.647. The van der Waals surface area contributed by atoms with Crippen molar-refractivity contribution >= 4 is 0 Å². The fourth-order valence-electron chi connectivity index (χ4n) is 2.19. The average molecular weight is 239 g/mol. The predicted molar refractivity (Wildman–Crippen MR) is 77.6 cm³/mol. The molecule has 0 aliphatic heterocycles. The van der Waals surface area contributed by atoms with Crippen LogP contribution >= 0.6 is 0 Å². The second-order valence-electron chi connectivity index (χ2n) is 5.12. The summed E-state index contributed by atoms with van der Waals surface area (Å²) in [7, 11) is 0. The zero-order valence-electron chi connectivity index (χ0n) is 11.5. The van der Waals surface area contributed by atoms with E-state index in [1.807, 2.05) is 6.07 Å². The molecule has 0 aliphatic carbocycles. The predicted octanol–water partition coefficient (Wildman–Crippen LogP) is 4.51. The van der Waals surface area contributed by atoms with Crippen molar-refractivity contribution in [3.05, 3.63) is 53.7 Å². The topological polar surface area (TPSA) is 12.9 Å². The maximum absolute atomic E-state index is 4.85. The van der Waals surface area contributed by atoms with Gasteiger partial charge in [0.1, 0.15) is 0 Å². The van der Waals surface area contributed by atoms with Crippen LogP contribution in [0.15, 0.2) is 42.5 Å². The molecule has 1 heteroatoms. The minimum atomic E-state index is 0.647. The molecular weight excluding hydrogens is 218 g/mol. The van der Waals surface area contributed by atoms with Crippen molar-refractivity contribution in [2.24, 2.45) is 5.92 Å². The number of rotatable bonds is 4. The van der Waals surface area contributed by atoms with Crippen molar-refractivity contribution in [3.63, 3.8) is 0 Å².